The Labute approximate surface area is 150 Å². The van der Waals surface area contributed by atoms with Crippen LogP contribution in [0.2, 0.25) is 0 Å². The summed E-state index contributed by atoms with van der Waals surface area (Å²) in [6.07, 6.45) is 0. The van der Waals surface area contributed by atoms with E-state index in [2.05, 4.69) is 4.98 Å². The summed E-state index contributed by atoms with van der Waals surface area (Å²) in [5.41, 5.74) is 1.37. The summed E-state index contributed by atoms with van der Waals surface area (Å²) < 4.78 is 1.50. The van der Waals surface area contributed by atoms with Gasteiger partial charge < -0.3 is 4.90 Å². The van der Waals surface area contributed by atoms with E-state index in [0.717, 1.165) is 5.69 Å². The zero-order chi connectivity index (χ0) is 18.0. The van der Waals surface area contributed by atoms with Crippen molar-refractivity contribution < 1.29 is 4.79 Å². The molecule has 0 aliphatic carbocycles. The van der Waals surface area contributed by atoms with Crippen LogP contribution in [-0.2, 0) is 11.8 Å². The number of hydrogen-bond acceptors (Lipinski definition) is 4. The third-order valence-corrected chi connectivity index (χ3v) is 5.18. The summed E-state index contributed by atoms with van der Waals surface area (Å²) >= 11 is 1.29. The van der Waals surface area contributed by atoms with Crippen LogP contribution in [0, 0.1) is 0 Å². The molecular formula is C19H19N3O2S. The minimum absolute atomic E-state index is 0.0430. The highest BCUT2D eigenvalue weighted by atomic mass is 32.2. The van der Waals surface area contributed by atoms with Crippen molar-refractivity contribution >= 4 is 34.3 Å². The van der Waals surface area contributed by atoms with Gasteiger partial charge >= 0.3 is 0 Å². The second-order valence-corrected chi connectivity index (χ2v) is 7.08. The van der Waals surface area contributed by atoms with Gasteiger partial charge in [0, 0.05) is 19.8 Å². The molecule has 0 fully saturated rings. The van der Waals surface area contributed by atoms with E-state index in [4.69, 9.17) is 0 Å². The third-order valence-electron chi connectivity index (χ3n) is 4.05. The molecule has 128 valence electrons. The maximum absolute atomic E-state index is 12.7. The molecule has 25 heavy (non-hydrogen) atoms. The molecule has 0 saturated heterocycles. The fourth-order valence-corrected chi connectivity index (χ4v) is 3.53. The highest BCUT2D eigenvalue weighted by Gasteiger charge is 2.22. The number of carbonyl (C=O) groups excluding carboxylic acids is 1. The molecule has 0 spiro atoms. The maximum atomic E-state index is 12.7. The fraction of sp³-hybridized carbons (Fsp3) is 0.211. The molecule has 1 aromatic heterocycles. The van der Waals surface area contributed by atoms with Gasteiger partial charge in [-0.1, -0.05) is 42.1 Å². The molecule has 3 aromatic rings. The Morgan fingerprint density at radius 2 is 1.76 bits per heavy atom. The first kappa shape index (κ1) is 17.2. The number of anilines is 1. The second-order valence-electron chi connectivity index (χ2n) is 5.77. The van der Waals surface area contributed by atoms with Gasteiger partial charge in [0.05, 0.1) is 16.2 Å². The van der Waals surface area contributed by atoms with Gasteiger partial charge in [0.1, 0.15) is 0 Å². The Morgan fingerprint density at radius 3 is 2.48 bits per heavy atom. The number of rotatable bonds is 4. The zero-order valence-corrected chi connectivity index (χ0v) is 15.2. The first-order valence-electron chi connectivity index (χ1n) is 7.94. The quantitative estimate of drug-likeness (QED) is 0.534. The Balaban J connectivity index is 1.87. The van der Waals surface area contributed by atoms with Crippen molar-refractivity contribution in [3.05, 3.63) is 65.0 Å². The molecule has 5 nitrogen and oxygen atoms in total. The molecule has 0 unspecified atom stereocenters. The van der Waals surface area contributed by atoms with Crippen molar-refractivity contribution in [3.63, 3.8) is 0 Å². The number of fused-ring (bicyclic) bond motifs is 1. The highest BCUT2D eigenvalue weighted by molar-refractivity contribution is 8.00. The summed E-state index contributed by atoms with van der Waals surface area (Å²) in [4.78, 5) is 31.3. The van der Waals surface area contributed by atoms with Crippen LogP contribution >= 0.6 is 11.8 Å². The predicted octanol–water partition coefficient (Wildman–Crippen LogP) is 3.08. The molecule has 1 heterocycles. The normalized spacial score (nSPS) is 12.1. The predicted molar refractivity (Wildman–Crippen MR) is 102 cm³/mol. The number of para-hydroxylation sites is 2. The fourth-order valence-electron chi connectivity index (χ4n) is 2.56. The van der Waals surface area contributed by atoms with Crippen molar-refractivity contribution in [1.29, 1.82) is 0 Å². The number of amides is 1. The van der Waals surface area contributed by atoms with Gasteiger partial charge in [0.25, 0.3) is 5.56 Å². The van der Waals surface area contributed by atoms with Gasteiger partial charge in [-0.25, -0.2) is 4.98 Å². The van der Waals surface area contributed by atoms with E-state index >= 15 is 0 Å². The first-order chi connectivity index (χ1) is 12.0. The average molecular weight is 353 g/mol. The van der Waals surface area contributed by atoms with Crippen molar-refractivity contribution in [1.82, 2.24) is 9.55 Å². The van der Waals surface area contributed by atoms with E-state index < -0.39 is 0 Å². The molecule has 2 aromatic carbocycles. The number of nitrogens with zero attached hydrogens (tertiary/aromatic N) is 3. The van der Waals surface area contributed by atoms with Crippen LogP contribution < -0.4 is 10.5 Å². The lowest BCUT2D eigenvalue weighted by Crippen LogP contribution is -2.33. The van der Waals surface area contributed by atoms with Crippen LogP contribution in [0.4, 0.5) is 5.69 Å². The van der Waals surface area contributed by atoms with Crippen LogP contribution in [-0.4, -0.2) is 27.8 Å². The summed E-state index contributed by atoms with van der Waals surface area (Å²) in [7, 11) is 3.43. The van der Waals surface area contributed by atoms with Gasteiger partial charge in [-0.15, -0.1) is 0 Å². The largest absolute Gasteiger partial charge is 0.315 e. The molecule has 0 bridgehead atoms. The van der Waals surface area contributed by atoms with Gasteiger partial charge in [0.2, 0.25) is 5.91 Å². The van der Waals surface area contributed by atoms with Gasteiger partial charge in [-0.2, -0.15) is 0 Å². The Morgan fingerprint density at radius 1 is 1.12 bits per heavy atom. The molecule has 1 atom stereocenters. The van der Waals surface area contributed by atoms with E-state index in [9.17, 15) is 9.59 Å². The molecule has 0 radical (unpaired) electrons. The number of hydrogen-bond donors (Lipinski definition) is 0. The molecule has 0 aliphatic heterocycles. The van der Waals surface area contributed by atoms with Gasteiger partial charge in [-0.05, 0) is 31.2 Å². The molecule has 0 N–H and O–H groups in total. The summed E-state index contributed by atoms with van der Waals surface area (Å²) in [5.74, 6) is -0.0430. The molecule has 6 heteroatoms. The van der Waals surface area contributed by atoms with E-state index in [1.54, 1.807) is 25.1 Å². The Kier molecular flexibility index (Phi) is 4.90. The molecule has 3 rings (SSSR count). The lowest BCUT2D eigenvalue weighted by Gasteiger charge is -2.21. The smallest absolute Gasteiger partial charge is 0.261 e. The van der Waals surface area contributed by atoms with E-state index in [-0.39, 0.29) is 16.7 Å². The molecular weight excluding hydrogens is 334 g/mol. The summed E-state index contributed by atoms with van der Waals surface area (Å²) in [6.45, 7) is 1.83. The van der Waals surface area contributed by atoms with E-state index in [0.29, 0.717) is 16.1 Å². The minimum Gasteiger partial charge on any atom is -0.315 e. The Bertz CT molecular complexity index is 969. The monoisotopic (exact) mass is 353 g/mol. The average Bonchev–Trinajstić information content (AvgIpc) is 2.65. The topological polar surface area (TPSA) is 55.2 Å². The van der Waals surface area contributed by atoms with E-state index in [1.165, 1.54) is 16.3 Å². The second kappa shape index (κ2) is 7.11. The van der Waals surface area contributed by atoms with Crippen LogP contribution in [0.5, 0.6) is 0 Å². The number of carbonyl (C=O) groups is 1. The van der Waals surface area contributed by atoms with Crippen molar-refractivity contribution in [2.24, 2.45) is 7.05 Å². The lowest BCUT2D eigenvalue weighted by molar-refractivity contribution is -0.117. The van der Waals surface area contributed by atoms with Crippen LogP contribution in [0.3, 0.4) is 0 Å². The highest BCUT2D eigenvalue weighted by Crippen LogP contribution is 2.24. The molecule has 0 aliphatic rings. The SMILES string of the molecule is C[C@H](Sc1nc2ccccc2c(=O)n1C)C(=O)N(C)c1ccccc1. The zero-order valence-electron chi connectivity index (χ0n) is 14.3. The van der Waals surface area contributed by atoms with E-state index in [1.807, 2.05) is 55.5 Å². The summed E-state index contributed by atoms with van der Waals surface area (Å²) in [6, 6.07) is 16.7. The minimum atomic E-state index is -0.371. The number of benzene rings is 2. The van der Waals surface area contributed by atoms with Crippen LogP contribution in [0.25, 0.3) is 10.9 Å². The van der Waals surface area contributed by atoms with Crippen molar-refractivity contribution in [2.75, 3.05) is 11.9 Å². The maximum Gasteiger partial charge on any atom is 0.261 e. The molecule has 0 saturated carbocycles. The van der Waals surface area contributed by atoms with Crippen LogP contribution in [0.1, 0.15) is 6.92 Å². The molecule has 1 amide bonds. The number of thioether (sulfide) groups is 1. The lowest BCUT2D eigenvalue weighted by atomic mass is 10.2. The van der Waals surface area contributed by atoms with Crippen LogP contribution in [0.15, 0.2) is 64.5 Å². The van der Waals surface area contributed by atoms with Crippen molar-refractivity contribution in [2.45, 2.75) is 17.3 Å². The number of aromatic nitrogens is 2. The summed E-state index contributed by atoms with van der Waals surface area (Å²) in [5, 5.41) is 0.741. The third kappa shape index (κ3) is 3.44. The van der Waals surface area contributed by atoms with Gasteiger partial charge in [-0.3, -0.25) is 14.2 Å². The Hall–Kier alpha value is -2.60. The van der Waals surface area contributed by atoms with Crippen molar-refractivity contribution in [3.8, 4) is 0 Å². The first-order valence-corrected chi connectivity index (χ1v) is 8.82. The standard InChI is InChI=1S/C19H19N3O2S/c1-13(17(23)21(2)14-9-5-4-6-10-14)25-19-20-16-12-8-7-11-15(16)18(24)22(19)3/h4-13H,1-3H3/t13-/m0/s1. The van der Waals surface area contributed by atoms with Gasteiger partial charge in [0.15, 0.2) is 5.16 Å².